The fraction of sp³-hybridized carbons (Fsp3) is 1.00. The van der Waals surface area contributed by atoms with Crippen LogP contribution in [-0.4, -0.2) is 18.4 Å². The molecule has 0 aromatic rings. The largest absolute Gasteiger partial charge is 0.381 e. The number of halogens is 2. The SMILES string of the molecule is OCNC(F)F. The summed E-state index contributed by atoms with van der Waals surface area (Å²) in [6.07, 6.45) is 0. The molecule has 38 valence electrons. The minimum atomic E-state index is -2.60. The molecular weight excluding hydrogens is 92.0 g/mol. The third-order valence-corrected chi connectivity index (χ3v) is 0.246. The lowest BCUT2D eigenvalue weighted by Gasteiger charge is -1.92. The monoisotopic (exact) mass is 97.0 g/mol. The van der Waals surface area contributed by atoms with Gasteiger partial charge in [-0.2, -0.15) is 8.78 Å². The van der Waals surface area contributed by atoms with Crippen molar-refractivity contribution in [2.75, 3.05) is 6.73 Å². The van der Waals surface area contributed by atoms with Gasteiger partial charge in [0.25, 0.3) is 6.55 Å². The molecule has 0 atom stereocenters. The Kier molecular flexibility index (Phi) is 2.88. The van der Waals surface area contributed by atoms with Gasteiger partial charge >= 0.3 is 0 Å². The number of nitrogens with one attached hydrogen (secondary N) is 1. The molecule has 0 aliphatic rings. The quantitative estimate of drug-likeness (QED) is 0.368. The molecule has 0 aromatic heterocycles. The molecule has 0 aliphatic carbocycles. The topological polar surface area (TPSA) is 32.3 Å². The van der Waals surface area contributed by atoms with Crippen LogP contribution in [0.2, 0.25) is 0 Å². The van der Waals surface area contributed by atoms with Crippen LogP contribution >= 0.6 is 0 Å². The van der Waals surface area contributed by atoms with Crippen molar-refractivity contribution >= 4 is 0 Å². The Labute approximate surface area is 33.8 Å². The molecule has 0 radical (unpaired) electrons. The van der Waals surface area contributed by atoms with E-state index in [0.717, 1.165) is 0 Å². The van der Waals surface area contributed by atoms with E-state index in [9.17, 15) is 8.78 Å². The van der Waals surface area contributed by atoms with E-state index in [4.69, 9.17) is 5.11 Å². The van der Waals surface area contributed by atoms with E-state index in [2.05, 4.69) is 0 Å². The van der Waals surface area contributed by atoms with Gasteiger partial charge in [-0.05, 0) is 0 Å². The molecule has 4 heteroatoms. The van der Waals surface area contributed by atoms with Gasteiger partial charge in [-0.25, -0.2) is 5.32 Å². The number of aliphatic hydroxyl groups excluding tert-OH is 1. The minimum Gasteiger partial charge on any atom is -0.381 e. The summed E-state index contributed by atoms with van der Waals surface area (Å²) < 4.78 is 21.5. The van der Waals surface area contributed by atoms with Crippen LogP contribution in [0.25, 0.3) is 0 Å². The van der Waals surface area contributed by atoms with Gasteiger partial charge in [-0.1, -0.05) is 0 Å². The molecule has 0 saturated carbocycles. The maximum atomic E-state index is 10.8. The zero-order valence-corrected chi connectivity index (χ0v) is 2.99. The summed E-state index contributed by atoms with van der Waals surface area (Å²) in [4.78, 5) is 0. The van der Waals surface area contributed by atoms with Gasteiger partial charge in [0.1, 0.15) is 0 Å². The van der Waals surface area contributed by atoms with E-state index in [-0.39, 0.29) is 0 Å². The van der Waals surface area contributed by atoms with Gasteiger partial charge in [-0.3, -0.25) is 0 Å². The van der Waals surface area contributed by atoms with Gasteiger partial charge in [0.2, 0.25) is 0 Å². The Morgan fingerprint density at radius 1 is 1.67 bits per heavy atom. The average Bonchev–Trinajstić information content (AvgIpc) is 1.35. The van der Waals surface area contributed by atoms with Gasteiger partial charge in [0, 0.05) is 0 Å². The fourth-order valence-corrected chi connectivity index (χ4v) is 0.0690. The normalized spacial score (nSPS) is 10.0. The third-order valence-electron chi connectivity index (χ3n) is 0.246. The van der Waals surface area contributed by atoms with Gasteiger partial charge < -0.3 is 5.11 Å². The molecule has 0 aromatic carbocycles. The molecule has 2 N–H and O–H groups in total. The first-order chi connectivity index (χ1) is 2.77. The molecule has 6 heavy (non-hydrogen) atoms. The van der Waals surface area contributed by atoms with E-state index in [0.29, 0.717) is 0 Å². The second-order valence-electron chi connectivity index (χ2n) is 0.663. The van der Waals surface area contributed by atoms with Crippen LogP contribution in [0.15, 0.2) is 0 Å². The van der Waals surface area contributed by atoms with Crippen molar-refractivity contribution in [3.63, 3.8) is 0 Å². The van der Waals surface area contributed by atoms with E-state index in [1.54, 1.807) is 0 Å². The van der Waals surface area contributed by atoms with E-state index in [1.165, 1.54) is 5.32 Å². The van der Waals surface area contributed by atoms with Gasteiger partial charge in [0.05, 0.1) is 6.73 Å². The van der Waals surface area contributed by atoms with Crippen molar-refractivity contribution in [2.24, 2.45) is 0 Å². The summed E-state index contributed by atoms with van der Waals surface area (Å²) in [5.74, 6) is 0. The van der Waals surface area contributed by atoms with Crippen molar-refractivity contribution < 1.29 is 13.9 Å². The molecule has 0 saturated heterocycles. The Balaban J connectivity index is 2.63. The molecule has 0 bridgehead atoms. The van der Waals surface area contributed by atoms with Crippen LogP contribution in [-0.2, 0) is 0 Å². The summed E-state index contributed by atoms with van der Waals surface area (Å²) in [6, 6.07) is 0. The Morgan fingerprint density at radius 3 is 2.17 bits per heavy atom. The average molecular weight is 97.1 g/mol. The molecule has 0 unspecified atom stereocenters. The predicted octanol–water partition coefficient (Wildman–Crippen LogP) is -0.252. The Morgan fingerprint density at radius 2 is 2.17 bits per heavy atom. The van der Waals surface area contributed by atoms with Crippen LogP contribution in [0.1, 0.15) is 0 Å². The van der Waals surface area contributed by atoms with Crippen molar-refractivity contribution in [1.29, 1.82) is 0 Å². The number of aliphatic hydroxyl groups is 1. The zero-order chi connectivity index (χ0) is 4.99. The maximum absolute atomic E-state index is 10.8. The molecule has 0 spiro atoms. The lowest BCUT2D eigenvalue weighted by Crippen LogP contribution is -2.20. The first-order valence-electron chi connectivity index (χ1n) is 1.39. The molecule has 0 heterocycles. The summed E-state index contributed by atoms with van der Waals surface area (Å²) >= 11 is 0. The van der Waals surface area contributed by atoms with E-state index < -0.39 is 13.3 Å². The standard InChI is InChI=1S/C2H5F2NO/c3-2(4)5-1-6/h2,5-6H,1H2. The summed E-state index contributed by atoms with van der Waals surface area (Å²) in [5.41, 5.74) is 0. The molecule has 0 fully saturated rings. The molecule has 2 nitrogen and oxygen atoms in total. The van der Waals surface area contributed by atoms with Crippen molar-refractivity contribution in [3.8, 4) is 0 Å². The van der Waals surface area contributed by atoms with Crippen LogP contribution in [0.5, 0.6) is 0 Å². The minimum absolute atomic E-state index is 0.669. The smallest absolute Gasteiger partial charge is 0.294 e. The van der Waals surface area contributed by atoms with Crippen LogP contribution in [0.4, 0.5) is 8.78 Å². The molecular formula is C2H5F2NO. The second-order valence-corrected chi connectivity index (χ2v) is 0.663. The number of hydrogen-bond donors (Lipinski definition) is 2. The number of alkyl halides is 2. The summed E-state index contributed by atoms with van der Waals surface area (Å²) in [6.45, 7) is -3.27. The lowest BCUT2D eigenvalue weighted by molar-refractivity contribution is 0.0719. The van der Waals surface area contributed by atoms with Crippen molar-refractivity contribution in [1.82, 2.24) is 5.32 Å². The molecule has 0 rings (SSSR count). The second kappa shape index (κ2) is 2.99. The highest BCUT2D eigenvalue weighted by molar-refractivity contribution is 4.22. The Bertz CT molecular complexity index is 32.7. The highest BCUT2D eigenvalue weighted by atomic mass is 19.3. The molecule has 0 amide bonds. The molecule has 0 aliphatic heterocycles. The highest BCUT2D eigenvalue weighted by Gasteiger charge is 1.93. The lowest BCUT2D eigenvalue weighted by atomic mass is 11.1. The number of rotatable bonds is 2. The zero-order valence-electron chi connectivity index (χ0n) is 2.99. The fourth-order valence-electron chi connectivity index (χ4n) is 0.0690. The van der Waals surface area contributed by atoms with Crippen LogP contribution < -0.4 is 5.32 Å². The van der Waals surface area contributed by atoms with Gasteiger partial charge in [-0.15, -0.1) is 0 Å². The predicted molar refractivity (Wildman–Crippen MR) is 16.2 cm³/mol. The highest BCUT2D eigenvalue weighted by Crippen LogP contribution is 1.80. The van der Waals surface area contributed by atoms with Crippen LogP contribution in [0, 0.1) is 0 Å². The van der Waals surface area contributed by atoms with Gasteiger partial charge in [0.15, 0.2) is 0 Å². The Hall–Kier alpha value is -0.220. The first kappa shape index (κ1) is 5.78. The third kappa shape index (κ3) is 3.78. The van der Waals surface area contributed by atoms with E-state index in [1.807, 2.05) is 0 Å². The van der Waals surface area contributed by atoms with E-state index >= 15 is 0 Å². The summed E-state index contributed by atoms with van der Waals surface area (Å²) in [5, 5.41) is 9.08. The first-order valence-corrected chi connectivity index (χ1v) is 1.39. The number of hydrogen-bond acceptors (Lipinski definition) is 2. The van der Waals surface area contributed by atoms with Crippen molar-refractivity contribution in [3.05, 3.63) is 0 Å². The summed E-state index contributed by atoms with van der Waals surface area (Å²) in [7, 11) is 0. The van der Waals surface area contributed by atoms with Crippen molar-refractivity contribution in [2.45, 2.75) is 6.55 Å². The maximum Gasteiger partial charge on any atom is 0.294 e. The van der Waals surface area contributed by atoms with Crippen LogP contribution in [0.3, 0.4) is 0 Å².